The molecule has 0 bridgehead atoms. The van der Waals surface area contributed by atoms with Gasteiger partial charge < -0.3 is 14.2 Å². The van der Waals surface area contributed by atoms with Crippen LogP contribution in [0.4, 0.5) is 0 Å². The Morgan fingerprint density at radius 2 is 2.00 bits per heavy atom. The van der Waals surface area contributed by atoms with E-state index in [2.05, 4.69) is 13.8 Å². The van der Waals surface area contributed by atoms with Crippen molar-refractivity contribution in [2.24, 2.45) is 5.92 Å². The van der Waals surface area contributed by atoms with Crippen LogP contribution in [0, 0.1) is 5.92 Å². The number of benzene rings is 1. The maximum absolute atomic E-state index is 11.7. The molecule has 21 heavy (non-hydrogen) atoms. The average Bonchev–Trinajstić information content (AvgIpc) is 2.69. The van der Waals surface area contributed by atoms with E-state index in [0.717, 1.165) is 29.9 Å². The first-order valence-corrected chi connectivity index (χ1v) is 7.69. The van der Waals surface area contributed by atoms with Crippen molar-refractivity contribution in [3.8, 4) is 11.5 Å². The predicted molar refractivity (Wildman–Crippen MR) is 80.8 cm³/mol. The van der Waals surface area contributed by atoms with Gasteiger partial charge in [-0.1, -0.05) is 19.9 Å². The number of fused-ring (bicyclic) bond motifs is 1. The monoisotopic (exact) mass is 292 g/mol. The van der Waals surface area contributed by atoms with Crippen LogP contribution in [0.2, 0.25) is 0 Å². The molecule has 0 atom stereocenters. The van der Waals surface area contributed by atoms with Gasteiger partial charge in [-0.2, -0.15) is 0 Å². The second-order valence-electron chi connectivity index (χ2n) is 5.73. The van der Waals surface area contributed by atoms with Crippen molar-refractivity contribution in [3.63, 3.8) is 0 Å². The van der Waals surface area contributed by atoms with Gasteiger partial charge in [0.25, 0.3) is 0 Å². The minimum atomic E-state index is -0.136. The molecule has 1 aliphatic heterocycles. The van der Waals surface area contributed by atoms with Gasteiger partial charge in [-0.3, -0.25) is 4.79 Å². The lowest BCUT2D eigenvalue weighted by Gasteiger charge is -2.10. The Morgan fingerprint density at radius 3 is 2.76 bits per heavy atom. The van der Waals surface area contributed by atoms with Gasteiger partial charge in [0.1, 0.15) is 0 Å². The van der Waals surface area contributed by atoms with Crippen LogP contribution in [-0.4, -0.2) is 25.8 Å². The number of hydrogen-bond donors (Lipinski definition) is 0. The molecule has 1 heterocycles. The van der Waals surface area contributed by atoms with Crippen molar-refractivity contribution in [1.82, 2.24) is 0 Å². The Balaban J connectivity index is 1.80. The molecule has 1 aromatic rings. The number of carbonyl (C=O) groups is 1. The fraction of sp³-hybridized carbons (Fsp3) is 0.588. The van der Waals surface area contributed by atoms with E-state index in [9.17, 15) is 4.79 Å². The van der Waals surface area contributed by atoms with Crippen molar-refractivity contribution in [1.29, 1.82) is 0 Å². The lowest BCUT2D eigenvalue weighted by molar-refractivity contribution is -0.143. The zero-order valence-electron chi connectivity index (χ0n) is 12.9. The Hall–Kier alpha value is -1.71. The van der Waals surface area contributed by atoms with Crippen LogP contribution in [0.1, 0.15) is 38.7 Å². The molecule has 0 fully saturated rings. The van der Waals surface area contributed by atoms with E-state index in [-0.39, 0.29) is 5.97 Å². The number of aryl methyl sites for hydroxylation is 1. The van der Waals surface area contributed by atoms with E-state index in [1.165, 1.54) is 0 Å². The van der Waals surface area contributed by atoms with E-state index < -0.39 is 0 Å². The number of rotatable bonds is 6. The Bertz CT molecular complexity index is 468. The molecule has 0 unspecified atom stereocenters. The van der Waals surface area contributed by atoms with Crippen molar-refractivity contribution in [2.75, 3.05) is 19.8 Å². The lowest BCUT2D eigenvalue weighted by Crippen LogP contribution is -2.08. The van der Waals surface area contributed by atoms with Crippen molar-refractivity contribution in [2.45, 2.75) is 39.5 Å². The fourth-order valence-corrected chi connectivity index (χ4v) is 2.09. The third kappa shape index (κ3) is 5.29. The molecule has 4 heteroatoms. The van der Waals surface area contributed by atoms with Gasteiger partial charge in [0, 0.05) is 12.8 Å². The van der Waals surface area contributed by atoms with E-state index >= 15 is 0 Å². The summed E-state index contributed by atoms with van der Waals surface area (Å²) in [5, 5.41) is 0. The van der Waals surface area contributed by atoms with Gasteiger partial charge in [0.05, 0.1) is 19.8 Å². The summed E-state index contributed by atoms with van der Waals surface area (Å²) in [5.74, 6) is 1.98. The number of ether oxygens (including phenoxy) is 3. The maximum Gasteiger partial charge on any atom is 0.306 e. The molecule has 1 aliphatic rings. The molecule has 4 nitrogen and oxygen atoms in total. The molecule has 2 rings (SSSR count). The third-order valence-electron chi connectivity index (χ3n) is 3.39. The molecule has 0 N–H and O–H groups in total. The van der Waals surface area contributed by atoms with Gasteiger partial charge in [-0.25, -0.2) is 0 Å². The van der Waals surface area contributed by atoms with Gasteiger partial charge in [0.2, 0.25) is 0 Å². The highest BCUT2D eigenvalue weighted by molar-refractivity contribution is 5.69. The largest absolute Gasteiger partial charge is 0.490 e. The molecular formula is C17H24O4. The van der Waals surface area contributed by atoms with E-state index in [1.807, 2.05) is 18.2 Å². The molecule has 0 saturated heterocycles. The summed E-state index contributed by atoms with van der Waals surface area (Å²) >= 11 is 0. The van der Waals surface area contributed by atoms with Crippen LogP contribution in [-0.2, 0) is 16.0 Å². The molecule has 0 aliphatic carbocycles. The summed E-state index contributed by atoms with van der Waals surface area (Å²) in [5.41, 5.74) is 1.07. The van der Waals surface area contributed by atoms with Crippen molar-refractivity contribution in [3.05, 3.63) is 23.8 Å². The van der Waals surface area contributed by atoms with Crippen LogP contribution in [0.25, 0.3) is 0 Å². The summed E-state index contributed by atoms with van der Waals surface area (Å²) in [6.45, 7) is 6.11. The first-order chi connectivity index (χ1) is 10.1. The minimum Gasteiger partial charge on any atom is -0.490 e. The van der Waals surface area contributed by atoms with Crippen molar-refractivity contribution < 1.29 is 19.0 Å². The van der Waals surface area contributed by atoms with Crippen LogP contribution in [0.3, 0.4) is 0 Å². The summed E-state index contributed by atoms with van der Waals surface area (Å²) in [6, 6.07) is 5.86. The van der Waals surface area contributed by atoms with Crippen LogP contribution in [0.15, 0.2) is 18.2 Å². The molecule has 0 amide bonds. The van der Waals surface area contributed by atoms with Crippen LogP contribution < -0.4 is 9.47 Å². The lowest BCUT2D eigenvalue weighted by atomic mass is 10.1. The van der Waals surface area contributed by atoms with Gasteiger partial charge in [-0.05, 0) is 36.5 Å². The minimum absolute atomic E-state index is 0.136. The topological polar surface area (TPSA) is 44.8 Å². The Labute approximate surface area is 126 Å². The van der Waals surface area contributed by atoms with E-state index in [4.69, 9.17) is 14.2 Å². The standard InChI is InChI=1S/C17H24O4/c1-13(2)8-11-21-17(18)7-5-14-4-6-15-16(12-14)20-10-3-9-19-15/h4,6,12-13H,3,5,7-11H2,1-2H3. The first kappa shape index (κ1) is 15.7. The van der Waals surface area contributed by atoms with Crippen LogP contribution >= 0.6 is 0 Å². The zero-order chi connectivity index (χ0) is 15.1. The van der Waals surface area contributed by atoms with Gasteiger partial charge in [0.15, 0.2) is 11.5 Å². The van der Waals surface area contributed by atoms with E-state index in [0.29, 0.717) is 38.6 Å². The molecule has 0 aromatic heterocycles. The molecule has 116 valence electrons. The van der Waals surface area contributed by atoms with Gasteiger partial charge >= 0.3 is 5.97 Å². The number of carbonyl (C=O) groups excluding carboxylic acids is 1. The molecule has 1 aromatic carbocycles. The smallest absolute Gasteiger partial charge is 0.306 e. The van der Waals surface area contributed by atoms with Crippen molar-refractivity contribution >= 4 is 5.97 Å². The first-order valence-electron chi connectivity index (χ1n) is 7.69. The van der Waals surface area contributed by atoms with E-state index in [1.54, 1.807) is 0 Å². The number of hydrogen-bond acceptors (Lipinski definition) is 4. The van der Waals surface area contributed by atoms with Gasteiger partial charge in [-0.15, -0.1) is 0 Å². The second-order valence-corrected chi connectivity index (χ2v) is 5.73. The molecule has 0 spiro atoms. The molecule has 0 radical (unpaired) electrons. The van der Waals surface area contributed by atoms with Crippen LogP contribution in [0.5, 0.6) is 11.5 Å². The number of esters is 1. The second kappa shape index (κ2) is 7.91. The summed E-state index contributed by atoms with van der Waals surface area (Å²) < 4.78 is 16.4. The Morgan fingerprint density at radius 1 is 1.24 bits per heavy atom. The fourth-order valence-electron chi connectivity index (χ4n) is 2.09. The molecule has 0 saturated carbocycles. The summed E-state index contributed by atoms with van der Waals surface area (Å²) in [4.78, 5) is 11.7. The Kier molecular flexibility index (Phi) is 5.90. The maximum atomic E-state index is 11.7. The normalized spacial score (nSPS) is 13.9. The zero-order valence-corrected chi connectivity index (χ0v) is 12.9. The quantitative estimate of drug-likeness (QED) is 0.754. The highest BCUT2D eigenvalue weighted by Gasteiger charge is 2.11. The third-order valence-corrected chi connectivity index (χ3v) is 3.39. The SMILES string of the molecule is CC(C)CCOC(=O)CCc1ccc2c(c1)OCCCO2. The average molecular weight is 292 g/mol. The summed E-state index contributed by atoms with van der Waals surface area (Å²) in [6.07, 6.45) is 2.87. The predicted octanol–water partition coefficient (Wildman–Crippen LogP) is 3.37. The summed E-state index contributed by atoms with van der Waals surface area (Å²) in [7, 11) is 0. The highest BCUT2D eigenvalue weighted by Crippen LogP contribution is 2.30. The molecular weight excluding hydrogens is 268 g/mol. The highest BCUT2D eigenvalue weighted by atomic mass is 16.5.